The number of carbonyl (C=O) groups is 2. The molecule has 0 aliphatic carbocycles. The van der Waals surface area contributed by atoms with Gasteiger partial charge in [-0.3, -0.25) is 14.9 Å². The zero-order valence-corrected chi connectivity index (χ0v) is 18.2. The number of rotatable bonds is 9. The first kappa shape index (κ1) is 23.9. The molecule has 172 valence electrons. The molecule has 1 N–H and O–H groups in total. The molecule has 9 nitrogen and oxygen atoms in total. The van der Waals surface area contributed by atoms with Gasteiger partial charge in [0.25, 0.3) is 11.6 Å². The smallest absolute Gasteiger partial charge is 0.336 e. The lowest BCUT2D eigenvalue weighted by Gasteiger charge is -2.10. The van der Waals surface area contributed by atoms with E-state index in [2.05, 4.69) is 10.5 Å². The largest absolute Gasteiger partial charge is 0.490 e. The molecular formula is C25H21N3O6. The Hall–Kier alpha value is -4.79. The predicted molar refractivity (Wildman–Crippen MR) is 127 cm³/mol. The first-order valence-electron chi connectivity index (χ1n) is 10.3. The van der Waals surface area contributed by atoms with Crippen molar-refractivity contribution in [2.45, 2.75) is 6.92 Å². The summed E-state index contributed by atoms with van der Waals surface area (Å²) in [4.78, 5) is 34.5. The van der Waals surface area contributed by atoms with Gasteiger partial charge in [0.2, 0.25) is 0 Å². The van der Waals surface area contributed by atoms with Crippen molar-refractivity contribution in [1.82, 2.24) is 5.43 Å². The number of hydrogen-bond donors (Lipinski definition) is 1. The van der Waals surface area contributed by atoms with Crippen LogP contribution >= 0.6 is 0 Å². The molecule has 0 atom stereocenters. The fourth-order valence-corrected chi connectivity index (χ4v) is 2.79. The van der Waals surface area contributed by atoms with Crippen molar-refractivity contribution in [3.63, 3.8) is 0 Å². The fourth-order valence-electron chi connectivity index (χ4n) is 2.79. The average Bonchev–Trinajstić information content (AvgIpc) is 2.85. The molecule has 0 aromatic heterocycles. The maximum absolute atomic E-state index is 12.2. The monoisotopic (exact) mass is 459 g/mol. The zero-order valence-electron chi connectivity index (χ0n) is 18.2. The Labute approximate surface area is 195 Å². The predicted octanol–water partition coefficient (Wildman–Crippen LogP) is 4.38. The van der Waals surface area contributed by atoms with Gasteiger partial charge < -0.3 is 9.47 Å². The Bertz CT molecular complexity index is 1220. The number of nitrogens with zero attached hydrogens (tertiary/aromatic N) is 2. The third-order valence-corrected chi connectivity index (χ3v) is 4.41. The summed E-state index contributed by atoms with van der Waals surface area (Å²) < 4.78 is 11.0. The molecule has 9 heteroatoms. The second kappa shape index (κ2) is 11.7. The SMILES string of the molecule is CCOc1cc(/C=N/NC(=O)c2ccc([N+](=O)[O-])cc2)ccc1OC(=O)/C=C/c1ccccc1. The Balaban J connectivity index is 1.64. The van der Waals surface area contributed by atoms with E-state index in [1.165, 1.54) is 36.6 Å². The van der Waals surface area contributed by atoms with Crippen LogP contribution in [0.3, 0.4) is 0 Å². The number of nitrogens with one attached hydrogen (secondary N) is 1. The summed E-state index contributed by atoms with van der Waals surface area (Å²) in [5.74, 6) is -0.486. The second-order valence-electron chi connectivity index (χ2n) is 6.81. The van der Waals surface area contributed by atoms with E-state index in [-0.39, 0.29) is 17.0 Å². The van der Waals surface area contributed by atoms with Gasteiger partial charge in [-0.2, -0.15) is 5.10 Å². The first-order chi connectivity index (χ1) is 16.5. The van der Waals surface area contributed by atoms with Crippen LogP contribution < -0.4 is 14.9 Å². The number of ether oxygens (including phenoxy) is 2. The molecule has 0 unspecified atom stereocenters. The van der Waals surface area contributed by atoms with Crippen LogP contribution in [0.2, 0.25) is 0 Å². The van der Waals surface area contributed by atoms with Crippen molar-refractivity contribution in [3.05, 3.63) is 106 Å². The maximum atomic E-state index is 12.2. The zero-order chi connectivity index (χ0) is 24.3. The molecule has 0 heterocycles. The van der Waals surface area contributed by atoms with Crippen LogP contribution in [0.15, 0.2) is 84.0 Å². The van der Waals surface area contributed by atoms with Crippen LogP contribution in [0.4, 0.5) is 5.69 Å². The lowest BCUT2D eigenvalue weighted by atomic mass is 10.2. The summed E-state index contributed by atoms with van der Waals surface area (Å²) in [6.45, 7) is 2.15. The topological polar surface area (TPSA) is 120 Å². The van der Waals surface area contributed by atoms with E-state index in [1.54, 1.807) is 31.2 Å². The molecule has 0 radical (unpaired) electrons. The van der Waals surface area contributed by atoms with Crippen LogP contribution in [-0.2, 0) is 4.79 Å². The molecular weight excluding hydrogens is 438 g/mol. The van der Waals surface area contributed by atoms with Gasteiger partial charge in [-0.1, -0.05) is 30.3 Å². The molecule has 3 aromatic rings. The summed E-state index contributed by atoms with van der Waals surface area (Å²) in [5, 5.41) is 14.6. The lowest BCUT2D eigenvalue weighted by Crippen LogP contribution is -2.17. The van der Waals surface area contributed by atoms with Gasteiger partial charge in [0, 0.05) is 23.8 Å². The van der Waals surface area contributed by atoms with E-state index in [1.807, 2.05) is 30.3 Å². The number of hydrazone groups is 1. The van der Waals surface area contributed by atoms with Crippen LogP contribution in [-0.4, -0.2) is 29.6 Å². The van der Waals surface area contributed by atoms with E-state index in [9.17, 15) is 19.7 Å². The van der Waals surface area contributed by atoms with Crippen LogP contribution in [0.25, 0.3) is 6.08 Å². The standard InChI is InChI=1S/C25H21N3O6/c1-2-33-23-16-19(17-26-27-25(30)20-10-12-21(13-11-20)28(31)32)8-14-22(23)34-24(29)15-9-18-6-4-3-5-7-18/h3-17H,2H2,1H3,(H,27,30)/b15-9+,26-17+. The summed E-state index contributed by atoms with van der Waals surface area (Å²) in [5.41, 5.74) is 3.92. The molecule has 0 saturated carbocycles. The lowest BCUT2D eigenvalue weighted by molar-refractivity contribution is -0.384. The van der Waals surface area contributed by atoms with E-state index in [4.69, 9.17) is 9.47 Å². The summed E-state index contributed by atoms with van der Waals surface area (Å²) in [6, 6.07) is 19.3. The Morgan fingerprint density at radius 1 is 1.00 bits per heavy atom. The van der Waals surface area contributed by atoms with Gasteiger partial charge >= 0.3 is 5.97 Å². The highest BCUT2D eigenvalue weighted by atomic mass is 16.6. The molecule has 0 aliphatic heterocycles. The highest BCUT2D eigenvalue weighted by Crippen LogP contribution is 2.28. The number of nitro groups is 1. The third-order valence-electron chi connectivity index (χ3n) is 4.41. The van der Waals surface area contributed by atoms with Crippen molar-refractivity contribution in [2.75, 3.05) is 6.61 Å². The third kappa shape index (κ3) is 6.86. The minimum Gasteiger partial charge on any atom is -0.490 e. The molecule has 0 spiro atoms. The number of carbonyl (C=O) groups excluding carboxylic acids is 2. The van der Waals surface area contributed by atoms with Crippen LogP contribution in [0.1, 0.15) is 28.4 Å². The second-order valence-corrected chi connectivity index (χ2v) is 6.81. The van der Waals surface area contributed by atoms with Gasteiger partial charge in [-0.25, -0.2) is 10.2 Å². The number of esters is 1. The molecule has 3 rings (SSSR count). The van der Waals surface area contributed by atoms with Gasteiger partial charge in [0.15, 0.2) is 11.5 Å². The molecule has 1 amide bonds. The Kier molecular flexibility index (Phi) is 8.23. The molecule has 0 aliphatic rings. The number of hydrogen-bond acceptors (Lipinski definition) is 7. The molecule has 34 heavy (non-hydrogen) atoms. The molecule has 0 bridgehead atoms. The van der Waals surface area contributed by atoms with Crippen molar-refractivity contribution in [1.29, 1.82) is 0 Å². The van der Waals surface area contributed by atoms with Gasteiger partial charge in [-0.15, -0.1) is 0 Å². The number of amides is 1. The van der Waals surface area contributed by atoms with Crippen LogP contribution in [0.5, 0.6) is 11.5 Å². The van der Waals surface area contributed by atoms with Crippen molar-refractivity contribution >= 4 is 29.9 Å². The van der Waals surface area contributed by atoms with Gasteiger partial charge in [0.1, 0.15) is 0 Å². The van der Waals surface area contributed by atoms with E-state index in [0.717, 1.165) is 5.56 Å². The average molecular weight is 459 g/mol. The van der Waals surface area contributed by atoms with Crippen molar-refractivity contribution < 1.29 is 24.0 Å². The summed E-state index contributed by atoms with van der Waals surface area (Å²) in [6.07, 6.45) is 4.37. The minimum absolute atomic E-state index is 0.111. The quantitative estimate of drug-likeness (QED) is 0.127. The van der Waals surface area contributed by atoms with Crippen molar-refractivity contribution in [2.24, 2.45) is 5.10 Å². The number of non-ortho nitro benzene ring substituents is 1. The molecule has 0 fully saturated rings. The van der Waals surface area contributed by atoms with Crippen molar-refractivity contribution in [3.8, 4) is 11.5 Å². The Morgan fingerprint density at radius 2 is 1.74 bits per heavy atom. The minimum atomic E-state index is -0.554. The van der Waals surface area contributed by atoms with Gasteiger partial charge in [-0.05, 0) is 54.5 Å². The highest BCUT2D eigenvalue weighted by molar-refractivity contribution is 5.95. The van der Waals surface area contributed by atoms with E-state index >= 15 is 0 Å². The molecule has 3 aromatic carbocycles. The van der Waals surface area contributed by atoms with Gasteiger partial charge in [0.05, 0.1) is 17.7 Å². The number of benzene rings is 3. The summed E-state index contributed by atoms with van der Waals surface area (Å²) in [7, 11) is 0. The maximum Gasteiger partial charge on any atom is 0.336 e. The first-order valence-corrected chi connectivity index (χ1v) is 10.3. The fraction of sp³-hybridized carbons (Fsp3) is 0.0800. The Morgan fingerprint density at radius 3 is 2.41 bits per heavy atom. The van der Waals surface area contributed by atoms with E-state index in [0.29, 0.717) is 17.9 Å². The highest BCUT2D eigenvalue weighted by Gasteiger charge is 2.11. The normalized spacial score (nSPS) is 10.9. The van der Waals surface area contributed by atoms with Crippen LogP contribution in [0, 0.1) is 10.1 Å². The summed E-state index contributed by atoms with van der Waals surface area (Å²) >= 11 is 0. The number of nitro benzene ring substituents is 1. The van der Waals surface area contributed by atoms with E-state index < -0.39 is 16.8 Å². The molecule has 0 saturated heterocycles.